The van der Waals surface area contributed by atoms with E-state index in [4.69, 9.17) is 20.9 Å². The molecule has 0 radical (unpaired) electrons. The van der Waals surface area contributed by atoms with Gasteiger partial charge < -0.3 is 9.26 Å². The number of para-hydroxylation sites is 1. The zero-order valence-electron chi connectivity index (χ0n) is 16.5. The molecule has 0 aliphatic carbocycles. The lowest BCUT2D eigenvalue weighted by molar-refractivity contribution is 0.0683. The Labute approximate surface area is 183 Å². The number of hydrogen-bond donors (Lipinski definition) is 0. The molecule has 0 spiro atoms. The van der Waals surface area contributed by atoms with E-state index in [2.05, 4.69) is 20.3 Å². The fourth-order valence-electron chi connectivity index (χ4n) is 2.90. The van der Waals surface area contributed by atoms with Crippen molar-refractivity contribution < 1.29 is 9.26 Å². The summed E-state index contributed by atoms with van der Waals surface area (Å²) in [5.41, 5.74) is 1.89. The number of nitrogens with zero attached hydrogens (tertiary/aromatic N) is 5. The van der Waals surface area contributed by atoms with Crippen LogP contribution in [-0.2, 0) is 10.5 Å². The van der Waals surface area contributed by atoms with Crippen molar-refractivity contribution in [1.29, 1.82) is 0 Å². The first kappa shape index (κ1) is 20.6. The van der Waals surface area contributed by atoms with E-state index in [9.17, 15) is 0 Å². The Morgan fingerprint density at radius 2 is 1.87 bits per heavy atom. The molecule has 2 aromatic heterocycles. The molecular weight excluding hydrogens is 422 g/mol. The van der Waals surface area contributed by atoms with Crippen LogP contribution < -0.4 is 0 Å². The third-order valence-electron chi connectivity index (χ3n) is 4.34. The van der Waals surface area contributed by atoms with Gasteiger partial charge in [0.1, 0.15) is 6.10 Å². The highest BCUT2D eigenvalue weighted by molar-refractivity contribution is 7.98. The Morgan fingerprint density at radius 1 is 1.10 bits per heavy atom. The molecule has 0 bridgehead atoms. The van der Waals surface area contributed by atoms with E-state index in [1.54, 1.807) is 0 Å². The summed E-state index contributed by atoms with van der Waals surface area (Å²) in [5, 5.41) is 14.2. The summed E-state index contributed by atoms with van der Waals surface area (Å²) in [6.45, 7) is 4.42. The third kappa shape index (κ3) is 4.56. The number of benzene rings is 2. The van der Waals surface area contributed by atoms with Crippen LogP contribution in [0.1, 0.15) is 31.7 Å². The maximum absolute atomic E-state index is 6.04. The lowest BCUT2D eigenvalue weighted by Crippen LogP contribution is -2.01. The van der Waals surface area contributed by atoms with E-state index in [0.29, 0.717) is 29.1 Å². The van der Waals surface area contributed by atoms with Crippen molar-refractivity contribution >= 4 is 23.4 Å². The van der Waals surface area contributed by atoms with Crippen LogP contribution in [-0.4, -0.2) is 31.5 Å². The maximum atomic E-state index is 6.04. The molecule has 0 saturated heterocycles. The number of ether oxygens (including phenoxy) is 1. The quantitative estimate of drug-likeness (QED) is 0.340. The highest BCUT2D eigenvalue weighted by Gasteiger charge is 2.18. The predicted molar refractivity (Wildman–Crippen MR) is 116 cm³/mol. The normalized spacial score (nSPS) is 12.2. The van der Waals surface area contributed by atoms with Gasteiger partial charge in [0.05, 0.1) is 5.75 Å². The van der Waals surface area contributed by atoms with Gasteiger partial charge in [-0.3, -0.25) is 4.57 Å². The topological polar surface area (TPSA) is 78.9 Å². The molecule has 30 heavy (non-hydrogen) atoms. The van der Waals surface area contributed by atoms with Crippen LogP contribution in [0.15, 0.2) is 64.3 Å². The zero-order chi connectivity index (χ0) is 20.9. The summed E-state index contributed by atoms with van der Waals surface area (Å²) >= 11 is 7.52. The van der Waals surface area contributed by atoms with Crippen molar-refractivity contribution in [3.63, 3.8) is 0 Å². The van der Waals surface area contributed by atoms with Crippen LogP contribution in [0.5, 0.6) is 0 Å². The SMILES string of the molecule is CCOC(C)c1noc(CSc2nnc(-c3ccc(Cl)cc3)n2-c2ccccc2)n1. The molecule has 0 aliphatic heterocycles. The standard InChI is InChI=1S/C21H20ClN5O2S/c1-3-28-14(2)19-23-18(29-26-19)13-30-21-25-24-20(15-9-11-16(22)12-10-15)27(21)17-7-5-4-6-8-17/h4-12,14H,3,13H2,1-2H3. The number of rotatable bonds is 8. The van der Waals surface area contributed by atoms with Gasteiger partial charge in [0.2, 0.25) is 5.89 Å². The lowest BCUT2D eigenvalue weighted by Gasteiger charge is -2.10. The fraction of sp³-hybridized carbons (Fsp3) is 0.238. The summed E-state index contributed by atoms with van der Waals surface area (Å²) in [6, 6.07) is 17.5. The molecule has 0 saturated carbocycles. The minimum atomic E-state index is -0.207. The largest absolute Gasteiger partial charge is 0.371 e. The molecular formula is C21H20ClN5O2S. The first-order valence-electron chi connectivity index (χ1n) is 9.49. The average molecular weight is 442 g/mol. The maximum Gasteiger partial charge on any atom is 0.237 e. The van der Waals surface area contributed by atoms with E-state index in [-0.39, 0.29) is 6.10 Å². The molecule has 0 N–H and O–H groups in total. The smallest absolute Gasteiger partial charge is 0.237 e. The second kappa shape index (κ2) is 9.42. The molecule has 1 unspecified atom stereocenters. The Bertz CT molecular complexity index is 1100. The molecule has 154 valence electrons. The molecule has 0 fully saturated rings. The Hall–Kier alpha value is -2.68. The van der Waals surface area contributed by atoms with E-state index in [1.807, 2.05) is 73.0 Å². The van der Waals surface area contributed by atoms with Crippen LogP contribution in [0.2, 0.25) is 5.02 Å². The van der Waals surface area contributed by atoms with Gasteiger partial charge in [-0.05, 0) is 50.2 Å². The number of hydrogen-bond acceptors (Lipinski definition) is 7. The summed E-state index contributed by atoms with van der Waals surface area (Å²) in [5.74, 6) is 2.25. The van der Waals surface area contributed by atoms with Gasteiger partial charge in [0, 0.05) is 22.9 Å². The van der Waals surface area contributed by atoms with Gasteiger partial charge in [0.25, 0.3) is 0 Å². The number of aromatic nitrogens is 5. The Morgan fingerprint density at radius 3 is 2.60 bits per heavy atom. The molecule has 0 aliphatic rings. The van der Waals surface area contributed by atoms with Crippen LogP contribution in [0.4, 0.5) is 0 Å². The second-order valence-electron chi connectivity index (χ2n) is 6.42. The van der Waals surface area contributed by atoms with Gasteiger partial charge >= 0.3 is 0 Å². The molecule has 1 atom stereocenters. The van der Waals surface area contributed by atoms with Crippen molar-refractivity contribution in [2.24, 2.45) is 0 Å². The van der Waals surface area contributed by atoms with Crippen LogP contribution >= 0.6 is 23.4 Å². The number of halogens is 1. The van der Waals surface area contributed by atoms with Gasteiger partial charge in [-0.2, -0.15) is 4.98 Å². The van der Waals surface area contributed by atoms with Gasteiger partial charge in [-0.25, -0.2) is 0 Å². The van der Waals surface area contributed by atoms with Crippen molar-refractivity contribution in [2.75, 3.05) is 6.61 Å². The van der Waals surface area contributed by atoms with E-state index in [0.717, 1.165) is 22.2 Å². The molecule has 0 amide bonds. The van der Waals surface area contributed by atoms with Crippen molar-refractivity contribution in [3.8, 4) is 17.1 Å². The highest BCUT2D eigenvalue weighted by Crippen LogP contribution is 2.30. The predicted octanol–water partition coefficient (Wildman–Crippen LogP) is 5.36. The van der Waals surface area contributed by atoms with E-state index >= 15 is 0 Å². The van der Waals surface area contributed by atoms with Crippen molar-refractivity contribution in [2.45, 2.75) is 30.9 Å². The monoisotopic (exact) mass is 441 g/mol. The van der Waals surface area contributed by atoms with Gasteiger partial charge in [-0.1, -0.05) is 46.7 Å². The van der Waals surface area contributed by atoms with E-state index in [1.165, 1.54) is 11.8 Å². The summed E-state index contributed by atoms with van der Waals surface area (Å²) in [6.07, 6.45) is -0.207. The van der Waals surface area contributed by atoms with Crippen molar-refractivity contribution in [1.82, 2.24) is 24.9 Å². The summed E-state index contributed by atoms with van der Waals surface area (Å²) in [4.78, 5) is 4.43. The first-order chi connectivity index (χ1) is 14.7. The lowest BCUT2D eigenvalue weighted by atomic mass is 10.2. The zero-order valence-corrected chi connectivity index (χ0v) is 18.1. The molecule has 9 heteroatoms. The minimum absolute atomic E-state index is 0.207. The Kier molecular flexibility index (Phi) is 6.47. The Balaban J connectivity index is 1.61. The molecule has 4 aromatic rings. The molecule has 4 rings (SSSR count). The van der Waals surface area contributed by atoms with Crippen LogP contribution in [0.3, 0.4) is 0 Å². The molecule has 7 nitrogen and oxygen atoms in total. The van der Waals surface area contributed by atoms with E-state index < -0.39 is 0 Å². The van der Waals surface area contributed by atoms with Gasteiger partial charge in [0.15, 0.2) is 16.8 Å². The fourth-order valence-corrected chi connectivity index (χ4v) is 3.82. The minimum Gasteiger partial charge on any atom is -0.371 e. The van der Waals surface area contributed by atoms with Crippen molar-refractivity contribution in [3.05, 3.63) is 71.3 Å². The third-order valence-corrected chi connectivity index (χ3v) is 5.50. The molecule has 2 aromatic carbocycles. The molecule has 2 heterocycles. The van der Waals surface area contributed by atoms with Crippen LogP contribution in [0, 0.1) is 0 Å². The summed E-state index contributed by atoms with van der Waals surface area (Å²) < 4.78 is 12.9. The second-order valence-corrected chi connectivity index (χ2v) is 7.80. The summed E-state index contributed by atoms with van der Waals surface area (Å²) in [7, 11) is 0. The first-order valence-corrected chi connectivity index (χ1v) is 10.9. The number of thioether (sulfide) groups is 1. The average Bonchev–Trinajstić information content (AvgIpc) is 3.41. The highest BCUT2D eigenvalue weighted by atomic mass is 35.5. The van der Waals surface area contributed by atoms with Gasteiger partial charge in [-0.15, -0.1) is 10.2 Å². The van der Waals surface area contributed by atoms with Crippen LogP contribution in [0.25, 0.3) is 17.1 Å².